The predicted octanol–water partition coefficient (Wildman–Crippen LogP) is 0.987. The number of rotatable bonds is 5. The van der Waals surface area contributed by atoms with Gasteiger partial charge in [-0.05, 0) is 18.1 Å². The molecule has 0 aromatic heterocycles. The van der Waals surface area contributed by atoms with E-state index in [2.05, 4.69) is 6.07 Å². The first-order valence-corrected chi connectivity index (χ1v) is 6.44. The molecule has 5 heteroatoms. The van der Waals surface area contributed by atoms with Crippen molar-refractivity contribution in [1.82, 2.24) is 4.90 Å². The second kappa shape index (κ2) is 5.09. The van der Waals surface area contributed by atoms with Crippen molar-refractivity contribution in [1.29, 1.82) is 0 Å². The normalized spacial score (nSPS) is 20.7. The highest BCUT2D eigenvalue weighted by atomic mass is 16.6. The van der Waals surface area contributed by atoms with Crippen LogP contribution in [-0.2, 0) is 22.5 Å². The number of epoxide rings is 1. The van der Waals surface area contributed by atoms with E-state index in [-0.39, 0.29) is 6.10 Å². The van der Waals surface area contributed by atoms with Crippen LogP contribution in [0.2, 0.25) is 0 Å². The summed E-state index contributed by atoms with van der Waals surface area (Å²) in [5.41, 5.74) is 2.28. The van der Waals surface area contributed by atoms with E-state index in [0.29, 0.717) is 18.9 Å². The standard InChI is InChI=1S/C14H17NO4/c1-17-13-3-2-10-4-5-15(9-16)6-12(10)14(13)19-8-11-7-18-11/h2-3,9,11H,4-8H2,1H3. The molecule has 0 N–H and O–H groups in total. The fourth-order valence-corrected chi connectivity index (χ4v) is 2.35. The van der Waals surface area contributed by atoms with Crippen molar-refractivity contribution in [3.8, 4) is 11.5 Å². The third-order valence-electron chi connectivity index (χ3n) is 3.54. The van der Waals surface area contributed by atoms with Crippen LogP contribution in [-0.4, -0.2) is 44.3 Å². The Hall–Kier alpha value is -1.75. The fraction of sp³-hybridized carbons (Fsp3) is 0.500. The summed E-state index contributed by atoms with van der Waals surface area (Å²) < 4.78 is 16.4. The molecule has 2 aliphatic rings. The zero-order chi connectivity index (χ0) is 13.2. The zero-order valence-electron chi connectivity index (χ0n) is 10.9. The van der Waals surface area contributed by atoms with Gasteiger partial charge in [0.2, 0.25) is 6.41 Å². The molecule has 2 heterocycles. The maximum atomic E-state index is 10.9. The molecule has 0 bridgehead atoms. The van der Waals surface area contributed by atoms with Crippen molar-refractivity contribution >= 4 is 6.41 Å². The number of nitrogens with zero attached hydrogens (tertiary/aromatic N) is 1. The minimum Gasteiger partial charge on any atom is -0.493 e. The second-order valence-electron chi connectivity index (χ2n) is 4.83. The molecule has 2 aliphatic heterocycles. The SMILES string of the molecule is COc1ccc2c(c1OCC1CO1)CN(C=O)CC2. The van der Waals surface area contributed by atoms with Gasteiger partial charge in [0.25, 0.3) is 0 Å². The summed E-state index contributed by atoms with van der Waals surface area (Å²) in [6.45, 7) is 2.64. The maximum absolute atomic E-state index is 10.9. The first-order valence-electron chi connectivity index (χ1n) is 6.44. The van der Waals surface area contributed by atoms with Crippen LogP contribution in [0.25, 0.3) is 0 Å². The molecule has 1 fully saturated rings. The zero-order valence-corrected chi connectivity index (χ0v) is 10.9. The van der Waals surface area contributed by atoms with Crippen molar-refractivity contribution in [2.24, 2.45) is 0 Å². The molecule has 5 nitrogen and oxygen atoms in total. The van der Waals surface area contributed by atoms with Gasteiger partial charge in [0.15, 0.2) is 11.5 Å². The fourth-order valence-electron chi connectivity index (χ4n) is 2.35. The quantitative estimate of drug-likeness (QED) is 0.587. The lowest BCUT2D eigenvalue weighted by Gasteiger charge is -2.27. The summed E-state index contributed by atoms with van der Waals surface area (Å²) >= 11 is 0. The monoisotopic (exact) mass is 263 g/mol. The Kier molecular flexibility index (Phi) is 3.29. The molecule has 3 rings (SSSR count). The van der Waals surface area contributed by atoms with Crippen molar-refractivity contribution in [3.63, 3.8) is 0 Å². The van der Waals surface area contributed by atoms with E-state index in [0.717, 1.165) is 37.3 Å². The largest absolute Gasteiger partial charge is 0.493 e. The molecule has 0 saturated carbocycles. The molecule has 1 saturated heterocycles. The van der Waals surface area contributed by atoms with E-state index in [1.165, 1.54) is 5.56 Å². The lowest BCUT2D eigenvalue weighted by molar-refractivity contribution is -0.118. The molecule has 1 amide bonds. The van der Waals surface area contributed by atoms with Crippen molar-refractivity contribution < 1.29 is 19.0 Å². The number of hydrogen-bond acceptors (Lipinski definition) is 4. The summed E-state index contributed by atoms with van der Waals surface area (Å²) in [5.74, 6) is 1.47. The van der Waals surface area contributed by atoms with Gasteiger partial charge in [0.1, 0.15) is 12.7 Å². The molecule has 19 heavy (non-hydrogen) atoms. The molecule has 0 spiro atoms. The van der Waals surface area contributed by atoms with E-state index < -0.39 is 0 Å². The summed E-state index contributed by atoms with van der Waals surface area (Å²) in [5, 5.41) is 0. The molecule has 1 atom stereocenters. The summed E-state index contributed by atoms with van der Waals surface area (Å²) in [4.78, 5) is 12.7. The van der Waals surface area contributed by atoms with E-state index in [1.807, 2.05) is 6.07 Å². The lowest BCUT2D eigenvalue weighted by atomic mass is 9.98. The number of fused-ring (bicyclic) bond motifs is 1. The number of benzene rings is 1. The van der Waals surface area contributed by atoms with Crippen LogP contribution in [0.1, 0.15) is 11.1 Å². The van der Waals surface area contributed by atoms with Crippen LogP contribution in [0, 0.1) is 0 Å². The summed E-state index contributed by atoms with van der Waals surface area (Å²) in [7, 11) is 1.63. The number of amides is 1. The van der Waals surface area contributed by atoms with Crippen molar-refractivity contribution in [3.05, 3.63) is 23.3 Å². The first-order chi connectivity index (χ1) is 9.31. The lowest BCUT2D eigenvalue weighted by Crippen LogP contribution is -2.29. The van der Waals surface area contributed by atoms with Gasteiger partial charge in [-0.2, -0.15) is 0 Å². The number of ether oxygens (including phenoxy) is 3. The van der Waals surface area contributed by atoms with Gasteiger partial charge in [-0.25, -0.2) is 0 Å². The van der Waals surface area contributed by atoms with Crippen LogP contribution in [0.3, 0.4) is 0 Å². The first kappa shape index (κ1) is 12.3. The van der Waals surface area contributed by atoms with Gasteiger partial charge in [0, 0.05) is 18.7 Å². The van der Waals surface area contributed by atoms with E-state index in [1.54, 1.807) is 12.0 Å². The van der Waals surface area contributed by atoms with Crippen LogP contribution in [0.15, 0.2) is 12.1 Å². The third kappa shape index (κ3) is 2.51. The van der Waals surface area contributed by atoms with E-state index in [9.17, 15) is 4.79 Å². The summed E-state index contributed by atoms with van der Waals surface area (Å²) in [6.07, 6.45) is 1.94. The van der Waals surface area contributed by atoms with Crippen LogP contribution >= 0.6 is 0 Å². The average Bonchev–Trinajstić information content (AvgIpc) is 3.28. The smallest absolute Gasteiger partial charge is 0.210 e. The van der Waals surface area contributed by atoms with Gasteiger partial charge in [0.05, 0.1) is 13.7 Å². The summed E-state index contributed by atoms with van der Waals surface area (Å²) in [6, 6.07) is 3.98. The highest BCUT2D eigenvalue weighted by Crippen LogP contribution is 2.37. The Balaban J connectivity index is 1.90. The van der Waals surface area contributed by atoms with Crippen molar-refractivity contribution in [2.75, 3.05) is 26.9 Å². The molecule has 0 radical (unpaired) electrons. The molecule has 1 aromatic rings. The Morgan fingerprint density at radius 2 is 2.37 bits per heavy atom. The number of carbonyl (C=O) groups excluding carboxylic acids is 1. The molecule has 1 unspecified atom stereocenters. The van der Waals surface area contributed by atoms with E-state index in [4.69, 9.17) is 14.2 Å². The Labute approximate surface area is 112 Å². The van der Waals surface area contributed by atoms with Gasteiger partial charge in [-0.3, -0.25) is 4.79 Å². The van der Waals surface area contributed by atoms with Crippen molar-refractivity contribution in [2.45, 2.75) is 19.1 Å². The predicted molar refractivity (Wildman–Crippen MR) is 68.4 cm³/mol. The number of methoxy groups -OCH3 is 1. The molecule has 102 valence electrons. The third-order valence-corrected chi connectivity index (χ3v) is 3.54. The highest BCUT2D eigenvalue weighted by molar-refractivity contribution is 5.55. The number of carbonyl (C=O) groups is 1. The Morgan fingerprint density at radius 3 is 3.05 bits per heavy atom. The van der Waals surface area contributed by atoms with Crippen LogP contribution in [0.4, 0.5) is 0 Å². The van der Waals surface area contributed by atoms with E-state index >= 15 is 0 Å². The van der Waals surface area contributed by atoms with Gasteiger partial charge < -0.3 is 19.1 Å². The minimum absolute atomic E-state index is 0.200. The average molecular weight is 263 g/mol. The Bertz CT molecular complexity index is 485. The molecular weight excluding hydrogens is 246 g/mol. The molecule has 1 aromatic carbocycles. The van der Waals surface area contributed by atoms with Crippen LogP contribution in [0.5, 0.6) is 11.5 Å². The molecule has 0 aliphatic carbocycles. The highest BCUT2D eigenvalue weighted by Gasteiger charge is 2.26. The van der Waals surface area contributed by atoms with Gasteiger partial charge in [-0.15, -0.1) is 0 Å². The van der Waals surface area contributed by atoms with Crippen LogP contribution < -0.4 is 9.47 Å². The maximum Gasteiger partial charge on any atom is 0.210 e. The second-order valence-corrected chi connectivity index (χ2v) is 4.83. The molecular formula is C14H17NO4. The van der Waals surface area contributed by atoms with Gasteiger partial charge >= 0.3 is 0 Å². The topological polar surface area (TPSA) is 51.3 Å². The van der Waals surface area contributed by atoms with Gasteiger partial charge in [-0.1, -0.05) is 6.07 Å². The number of hydrogen-bond donors (Lipinski definition) is 0. The Morgan fingerprint density at radius 1 is 1.53 bits per heavy atom. The minimum atomic E-state index is 0.200.